The summed E-state index contributed by atoms with van der Waals surface area (Å²) in [5.74, 6) is 0. The van der Waals surface area contributed by atoms with E-state index in [2.05, 4.69) is 43.0 Å². The predicted octanol–water partition coefficient (Wildman–Crippen LogP) is 2.51. The average Bonchev–Trinajstić information content (AvgIpc) is 2.22. The monoisotopic (exact) mass is 204 g/mol. The van der Waals surface area contributed by atoms with Crippen molar-refractivity contribution in [3.63, 3.8) is 0 Å². The van der Waals surface area contributed by atoms with Crippen LogP contribution in [0.1, 0.15) is 23.6 Å². The van der Waals surface area contributed by atoms with Crippen molar-refractivity contribution < 1.29 is 0 Å². The minimum Gasteiger partial charge on any atom is -0.362 e. The highest BCUT2D eigenvalue weighted by Crippen LogP contribution is 2.24. The number of allylic oxidation sites excluding steroid dienone is 1. The van der Waals surface area contributed by atoms with Crippen molar-refractivity contribution in [3.05, 3.63) is 41.0 Å². The Bertz CT molecular complexity index is 347. The molecular weight excluding hydrogens is 184 g/mol. The van der Waals surface area contributed by atoms with Gasteiger partial charge < -0.3 is 10.6 Å². The van der Waals surface area contributed by atoms with Crippen LogP contribution in [0.4, 0.5) is 0 Å². The summed E-state index contributed by atoms with van der Waals surface area (Å²) in [7, 11) is 2.02. The number of nitrogens with zero attached hydrogens (tertiary/aromatic N) is 1. The summed E-state index contributed by atoms with van der Waals surface area (Å²) in [5, 5.41) is 0. The van der Waals surface area contributed by atoms with Gasteiger partial charge in [-0.15, -0.1) is 0 Å². The molecule has 0 aliphatic heterocycles. The molecule has 1 rings (SSSR count). The third-order valence-corrected chi connectivity index (χ3v) is 2.70. The Morgan fingerprint density at radius 3 is 2.27 bits per heavy atom. The first-order valence-corrected chi connectivity index (χ1v) is 5.26. The maximum atomic E-state index is 5.67. The molecule has 0 amide bonds. The normalized spacial score (nSPS) is 11.7. The Morgan fingerprint density at radius 2 is 1.87 bits per heavy atom. The van der Waals surface area contributed by atoms with Crippen molar-refractivity contribution in [1.29, 1.82) is 0 Å². The summed E-state index contributed by atoms with van der Waals surface area (Å²) >= 11 is 0. The van der Waals surface area contributed by atoms with Crippen LogP contribution in [-0.4, -0.2) is 18.6 Å². The summed E-state index contributed by atoms with van der Waals surface area (Å²) in [6.07, 6.45) is 2.11. The van der Waals surface area contributed by atoms with Gasteiger partial charge in [0.2, 0.25) is 0 Å². The molecule has 0 saturated carbocycles. The van der Waals surface area contributed by atoms with Gasteiger partial charge >= 0.3 is 0 Å². The van der Waals surface area contributed by atoms with Crippen LogP contribution >= 0.6 is 0 Å². The molecule has 0 fully saturated rings. The molecule has 1 aromatic carbocycles. The first-order valence-electron chi connectivity index (χ1n) is 5.26. The van der Waals surface area contributed by atoms with Crippen molar-refractivity contribution >= 4 is 5.70 Å². The minimum atomic E-state index is 0.535. The second kappa shape index (κ2) is 4.99. The highest BCUT2D eigenvalue weighted by molar-refractivity contribution is 5.69. The average molecular weight is 204 g/mol. The molecule has 2 heteroatoms. The lowest BCUT2D eigenvalue weighted by Gasteiger charge is -2.23. The first kappa shape index (κ1) is 11.8. The van der Waals surface area contributed by atoms with Crippen molar-refractivity contribution in [3.8, 4) is 0 Å². The zero-order valence-corrected chi connectivity index (χ0v) is 10.0. The summed E-state index contributed by atoms with van der Waals surface area (Å²) in [4.78, 5) is 2.06. The van der Waals surface area contributed by atoms with E-state index in [0.29, 0.717) is 6.67 Å². The molecule has 1 aromatic rings. The lowest BCUT2D eigenvalue weighted by atomic mass is 9.99. The molecule has 0 spiro atoms. The zero-order valence-electron chi connectivity index (χ0n) is 10.0. The maximum absolute atomic E-state index is 5.67. The molecule has 0 saturated heterocycles. The van der Waals surface area contributed by atoms with Gasteiger partial charge in [0.05, 0.1) is 6.67 Å². The standard InChI is InChI=1S/C13H20N2/c1-5-12(15(4)9-14)13-10(2)7-6-8-11(13)3/h5-8H,9,14H2,1-4H3/b12-5-. The van der Waals surface area contributed by atoms with E-state index in [0.717, 1.165) is 0 Å². The van der Waals surface area contributed by atoms with E-state index in [-0.39, 0.29) is 0 Å². The van der Waals surface area contributed by atoms with Crippen LogP contribution in [0.2, 0.25) is 0 Å². The summed E-state index contributed by atoms with van der Waals surface area (Å²) < 4.78 is 0. The van der Waals surface area contributed by atoms with E-state index < -0.39 is 0 Å². The largest absolute Gasteiger partial charge is 0.362 e. The van der Waals surface area contributed by atoms with Crippen LogP contribution in [0.25, 0.3) is 5.70 Å². The number of rotatable bonds is 3. The van der Waals surface area contributed by atoms with Crippen molar-refractivity contribution in [2.45, 2.75) is 20.8 Å². The third kappa shape index (κ3) is 2.39. The fourth-order valence-corrected chi connectivity index (χ4v) is 1.87. The Balaban J connectivity index is 3.25. The molecule has 15 heavy (non-hydrogen) atoms. The molecule has 0 atom stereocenters. The van der Waals surface area contributed by atoms with E-state index in [1.54, 1.807) is 0 Å². The van der Waals surface area contributed by atoms with Crippen LogP contribution in [0, 0.1) is 13.8 Å². The number of aryl methyl sites for hydroxylation is 2. The van der Waals surface area contributed by atoms with Crippen LogP contribution in [0.3, 0.4) is 0 Å². The second-order valence-electron chi connectivity index (χ2n) is 3.82. The van der Waals surface area contributed by atoms with Gasteiger partial charge in [0.25, 0.3) is 0 Å². The van der Waals surface area contributed by atoms with E-state index in [9.17, 15) is 0 Å². The summed E-state index contributed by atoms with van der Waals surface area (Å²) in [5.41, 5.74) is 10.8. The number of hydrogen-bond acceptors (Lipinski definition) is 2. The Morgan fingerprint density at radius 1 is 1.33 bits per heavy atom. The summed E-state index contributed by atoms with van der Waals surface area (Å²) in [6.45, 7) is 6.85. The fraction of sp³-hybridized carbons (Fsp3) is 0.385. The summed E-state index contributed by atoms with van der Waals surface area (Å²) in [6, 6.07) is 6.36. The van der Waals surface area contributed by atoms with E-state index in [4.69, 9.17) is 5.73 Å². The lowest BCUT2D eigenvalue weighted by molar-refractivity contribution is 0.494. The third-order valence-electron chi connectivity index (χ3n) is 2.70. The Hall–Kier alpha value is -1.28. The van der Waals surface area contributed by atoms with Gasteiger partial charge in [-0.25, -0.2) is 0 Å². The van der Waals surface area contributed by atoms with Crippen LogP contribution < -0.4 is 5.73 Å². The molecule has 0 unspecified atom stereocenters. The smallest absolute Gasteiger partial charge is 0.0653 e. The quantitative estimate of drug-likeness (QED) is 0.767. The van der Waals surface area contributed by atoms with Gasteiger partial charge in [-0.3, -0.25) is 0 Å². The number of nitrogens with two attached hydrogens (primary N) is 1. The molecule has 0 radical (unpaired) electrons. The van der Waals surface area contributed by atoms with E-state index in [1.807, 2.05) is 14.0 Å². The topological polar surface area (TPSA) is 29.3 Å². The zero-order chi connectivity index (χ0) is 11.4. The Kier molecular flexibility index (Phi) is 3.92. The number of benzene rings is 1. The molecule has 0 aliphatic carbocycles. The fourth-order valence-electron chi connectivity index (χ4n) is 1.87. The second-order valence-corrected chi connectivity index (χ2v) is 3.82. The van der Waals surface area contributed by atoms with E-state index >= 15 is 0 Å². The highest BCUT2D eigenvalue weighted by atomic mass is 15.2. The highest BCUT2D eigenvalue weighted by Gasteiger charge is 2.10. The van der Waals surface area contributed by atoms with Crippen molar-refractivity contribution in [1.82, 2.24) is 4.90 Å². The van der Waals surface area contributed by atoms with Gasteiger partial charge in [0.1, 0.15) is 0 Å². The molecule has 0 bridgehead atoms. The molecule has 2 nitrogen and oxygen atoms in total. The molecule has 2 N–H and O–H groups in total. The SMILES string of the molecule is C/C=C(/c1c(C)cccc1C)N(C)CN. The van der Waals surface area contributed by atoms with Crippen LogP contribution in [0.15, 0.2) is 24.3 Å². The molecule has 82 valence electrons. The van der Waals surface area contributed by atoms with Gasteiger partial charge in [0.15, 0.2) is 0 Å². The molecule has 0 heterocycles. The Labute approximate surface area is 92.4 Å². The first-order chi connectivity index (χ1) is 7.11. The number of hydrogen-bond donors (Lipinski definition) is 1. The van der Waals surface area contributed by atoms with Gasteiger partial charge in [-0.2, -0.15) is 0 Å². The van der Waals surface area contributed by atoms with Crippen LogP contribution in [-0.2, 0) is 0 Å². The maximum Gasteiger partial charge on any atom is 0.0653 e. The van der Waals surface area contributed by atoms with Crippen molar-refractivity contribution in [2.24, 2.45) is 5.73 Å². The van der Waals surface area contributed by atoms with E-state index in [1.165, 1.54) is 22.4 Å². The molecule has 0 aromatic heterocycles. The predicted molar refractivity (Wildman–Crippen MR) is 66.4 cm³/mol. The lowest BCUT2D eigenvalue weighted by Crippen LogP contribution is -2.24. The molecular formula is C13H20N2. The van der Waals surface area contributed by atoms with Gasteiger partial charge in [0, 0.05) is 18.3 Å². The van der Waals surface area contributed by atoms with Gasteiger partial charge in [-0.05, 0) is 31.9 Å². The minimum absolute atomic E-state index is 0.535. The van der Waals surface area contributed by atoms with Gasteiger partial charge in [-0.1, -0.05) is 24.3 Å². The molecule has 0 aliphatic rings. The van der Waals surface area contributed by atoms with Crippen LogP contribution in [0.5, 0.6) is 0 Å². The van der Waals surface area contributed by atoms with Crippen molar-refractivity contribution in [2.75, 3.05) is 13.7 Å².